The lowest BCUT2D eigenvalue weighted by Crippen LogP contribution is -2.34. The zero-order chi connectivity index (χ0) is 18.5. The first kappa shape index (κ1) is 18.2. The molecule has 3 aromatic rings. The van der Waals surface area contributed by atoms with E-state index in [0.29, 0.717) is 17.4 Å². The van der Waals surface area contributed by atoms with Gasteiger partial charge in [0.05, 0.1) is 11.7 Å². The number of nitrogens with one attached hydrogen (secondary N) is 1. The molecule has 0 fully saturated rings. The number of nitrogens with zero attached hydrogens (tertiary/aromatic N) is 3. The molecule has 134 valence electrons. The highest BCUT2D eigenvalue weighted by molar-refractivity contribution is 6.31. The number of likely N-dealkylation sites (N-methyl/N-ethyl adjacent to an activating group) is 1. The van der Waals surface area contributed by atoms with Crippen molar-refractivity contribution < 1.29 is 4.79 Å². The lowest BCUT2D eigenvalue weighted by atomic mass is 10.1. The Labute approximate surface area is 157 Å². The number of carbonyl (C=O) groups excluding carboxylic acids is 1. The molecule has 0 radical (unpaired) electrons. The summed E-state index contributed by atoms with van der Waals surface area (Å²) in [6.45, 7) is 0.708. The van der Waals surface area contributed by atoms with Crippen molar-refractivity contribution in [2.45, 2.75) is 6.04 Å². The molecule has 3 rings (SSSR count). The second kappa shape index (κ2) is 8.17. The lowest BCUT2D eigenvalue weighted by Gasteiger charge is -2.22. The predicted octanol–water partition coefficient (Wildman–Crippen LogP) is 3.42. The van der Waals surface area contributed by atoms with Gasteiger partial charge in [0.15, 0.2) is 5.15 Å². The van der Waals surface area contributed by atoms with E-state index in [1.807, 2.05) is 78.1 Å². The smallest absolute Gasteiger partial charge is 0.244 e. The van der Waals surface area contributed by atoms with E-state index in [1.165, 1.54) is 6.08 Å². The normalized spacial score (nSPS) is 12.8. The molecule has 6 heteroatoms. The van der Waals surface area contributed by atoms with Crippen molar-refractivity contribution in [3.63, 3.8) is 0 Å². The van der Waals surface area contributed by atoms with Crippen LogP contribution in [0.5, 0.6) is 0 Å². The van der Waals surface area contributed by atoms with Crippen LogP contribution in [0.1, 0.15) is 17.3 Å². The quantitative estimate of drug-likeness (QED) is 0.678. The van der Waals surface area contributed by atoms with Gasteiger partial charge in [0.2, 0.25) is 5.91 Å². The van der Waals surface area contributed by atoms with Gasteiger partial charge in [-0.15, -0.1) is 0 Å². The highest BCUT2D eigenvalue weighted by Gasteiger charge is 2.14. The van der Waals surface area contributed by atoms with Crippen molar-refractivity contribution in [1.29, 1.82) is 0 Å². The zero-order valence-electron chi connectivity index (χ0n) is 14.8. The number of rotatable bonds is 6. The molecule has 2 heterocycles. The molecular formula is C20H21ClN4O. The molecule has 0 spiro atoms. The van der Waals surface area contributed by atoms with Crippen molar-refractivity contribution in [1.82, 2.24) is 19.6 Å². The Morgan fingerprint density at radius 2 is 1.96 bits per heavy atom. The number of aromatic nitrogens is 2. The molecule has 26 heavy (non-hydrogen) atoms. The van der Waals surface area contributed by atoms with Crippen molar-refractivity contribution in [2.75, 3.05) is 20.6 Å². The van der Waals surface area contributed by atoms with E-state index in [-0.39, 0.29) is 11.9 Å². The molecule has 1 amide bonds. The third kappa shape index (κ3) is 4.31. The molecule has 0 bridgehead atoms. The third-order valence-electron chi connectivity index (χ3n) is 3.98. The highest BCUT2D eigenvalue weighted by Crippen LogP contribution is 2.19. The molecule has 0 saturated heterocycles. The van der Waals surface area contributed by atoms with Gasteiger partial charge in [-0.25, -0.2) is 4.98 Å². The summed E-state index contributed by atoms with van der Waals surface area (Å²) in [4.78, 5) is 18.8. The van der Waals surface area contributed by atoms with Gasteiger partial charge in [-0.1, -0.05) is 48.0 Å². The minimum atomic E-state index is -0.178. The van der Waals surface area contributed by atoms with Gasteiger partial charge >= 0.3 is 0 Å². The molecule has 0 aliphatic heterocycles. The number of benzene rings is 1. The Morgan fingerprint density at radius 3 is 2.69 bits per heavy atom. The van der Waals surface area contributed by atoms with E-state index < -0.39 is 0 Å². The average molecular weight is 369 g/mol. The fraction of sp³-hybridized carbons (Fsp3) is 0.200. The largest absolute Gasteiger partial charge is 0.344 e. The number of hydrogen-bond acceptors (Lipinski definition) is 3. The van der Waals surface area contributed by atoms with Crippen LogP contribution < -0.4 is 5.32 Å². The van der Waals surface area contributed by atoms with Crippen molar-refractivity contribution in [3.8, 4) is 0 Å². The molecule has 0 saturated carbocycles. The van der Waals surface area contributed by atoms with Crippen LogP contribution in [0, 0.1) is 0 Å². The maximum atomic E-state index is 12.5. The van der Waals surface area contributed by atoms with Crippen LogP contribution in [-0.4, -0.2) is 40.8 Å². The molecule has 0 aliphatic carbocycles. The maximum absolute atomic E-state index is 12.5. The van der Waals surface area contributed by atoms with Crippen LogP contribution in [0.3, 0.4) is 0 Å². The molecule has 1 N–H and O–H groups in total. The summed E-state index contributed by atoms with van der Waals surface area (Å²) in [6, 6.07) is 15.5. The van der Waals surface area contributed by atoms with Gasteiger partial charge < -0.3 is 10.2 Å². The summed E-state index contributed by atoms with van der Waals surface area (Å²) in [5.74, 6) is -0.178. The maximum Gasteiger partial charge on any atom is 0.244 e. The van der Waals surface area contributed by atoms with Crippen LogP contribution >= 0.6 is 11.6 Å². The van der Waals surface area contributed by atoms with E-state index in [9.17, 15) is 4.79 Å². The second-order valence-electron chi connectivity index (χ2n) is 6.28. The number of fused-ring (bicyclic) bond motifs is 1. The predicted molar refractivity (Wildman–Crippen MR) is 105 cm³/mol. The Morgan fingerprint density at radius 1 is 1.23 bits per heavy atom. The Bertz CT molecular complexity index is 918. The minimum absolute atomic E-state index is 0.0963. The first-order valence-corrected chi connectivity index (χ1v) is 8.73. The topological polar surface area (TPSA) is 49.6 Å². The number of pyridine rings is 1. The Hall–Kier alpha value is -2.63. The van der Waals surface area contributed by atoms with Gasteiger partial charge in [-0.05, 0) is 37.9 Å². The van der Waals surface area contributed by atoms with Crippen LogP contribution in [0.4, 0.5) is 0 Å². The molecule has 1 atom stereocenters. The number of imidazole rings is 1. The third-order valence-corrected chi connectivity index (χ3v) is 4.26. The summed E-state index contributed by atoms with van der Waals surface area (Å²) in [5, 5.41) is 3.42. The monoisotopic (exact) mass is 368 g/mol. The summed E-state index contributed by atoms with van der Waals surface area (Å²) in [6.07, 6.45) is 5.05. The second-order valence-corrected chi connectivity index (χ2v) is 6.64. The summed E-state index contributed by atoms with van der Waals surface area (Å²) < 4.78 is 1.85. The van der Waals surface area contributed by atoms with E-state index in [1.54, 1.807) is 6.08 Å². The fourth-order valence-electron chi connectivity index (χ4n) is 2.79. The number of halogens is 1. The van der Waals surface area contributed by atoms with Crippen LogP contribution in [0.2, 0.25) is 5.15 Å². The van der Waals surface area contributed by atoms with Gasteiger partial charge in [-0.2, -0.15) is 0 Å². The summed E-state index contributed by atoms with van der Waals surface area (Å²) in [5.41, 5.74) is 2.49. The average Bonchev–Trinajstić information content (AvgIpc) is 2.95. The minimum Gasteiger partial charge on any atom is -0.344 e. The van der Waals surface area contributed by atoms with Crippen LogP contribution in [0.25, 0.3) is 11.7 Å². The van der Waals surface area contributed by atoms with Gasteiger partial charge in [0, 0.05) is 18.8 Å². The van der Waals surface area contributed by atoms with E-state index >= 15 is 0 Å². The van der Waals surface area contributed by atoms with Crippen molar-refractivity contribution in [3.05, 3.63) is 77.2 Å². The SMILES string of the molecule is CN(C)C[C@@H](NC(=O)/C=C/c1c(Cl)nc2ccccn12)c1ccccc1. The molecular weight excluding hydrogens is 348 g/mol. The Balaban J connectivity index is 1.77. The molecule has 2 aromatic heterocycles. The number of carbonyl (C=O) groups is 1. The molecule has 1 aromatic carbocycles. The van der Waals surface area contributed by atoms with Crippen molar-refractivity contribution >= 4 is 29.2 Å². The first-order valence-electron chi connectivity index (χ1n) is 8.35. The number of hydrogen-bond donors (Lipinski definition) is 1. The van der Waals surface area contributed by atoms with E-state index in [4.69, 9.17) is 11.6 Å². The summed E-state index contributed by atoms with van der Waals surface area (Å²) >= 11 is 6.20. The summed E-state index contributed by atoms with van der Waals surface area (Å²) in [7, 11) is 3.96. The van der Waals surface area contributed by atoms with Gasteiger partial charge in [0.1, 0.15) is 5.65 Å². The number of amides is 1. The van der Waals surface area contributed by atoms with E-state index in [2.05, 4.69) is 10.3 Å². The molecule has 0 unspecified atom stereocenters. The fourth-order valence-corrected chi connectivity index (χ4v) is 3.04. The van der Waals surface area contributed by atoms with Crippen LogP contribution in [-0.2, 0) is 4.79 Å². The van der Waals surface area contributed by atoms with Gasteiger partial charge in [-0.3, -0.25) is 9.20 Å². The Kier molecular flexibility index (Phi) is 5.71. The van der Waals surface area contributed by atoms with Crippen LogP contribution in [0.15, 0.2) is 60.8 Å². The first-order chi connectivity index (χ1) is 12.5. The van der Waals surface area contributed by atoms with Crippen molar-refractivity contribution in [2.24, 2.45) is 0 Å². The molecule has 0 aliphatic rings. The molecule has 5 nitrogen and oxygen atoms in total. The highest BCUT2D eigenvalue weighted by atomic mass is 35.5. The van der Waals surface area contributed by atoms with E-state index in [0.717, 1.165) is 11.2 Å². The standard InChI is InChI=1S/C20H21ClN4O/c1-24(2)14-16(15-8-4-3-5-9-15)22-19(26)12-11-17-20(21)23-18-10-6-7-13-25(17)18/h3-13,16H,14H2,1-2H3,(H,22,26)/b12-11+/t16-/m1/s1. The van der Waals surface area contributed by atoms with Gasteiger partial charge in [0.25, 0.3) is 0 Å². The zero-order valence-corrected chi connectivity index (χ0v) is 15.5. The lowest BCUT2D eigenvalue weighted by molar-refractivity contribution is -0.117.